The van der Waals surface area contributed by atoms with Crippen LogP contribution < -0.4 is 5.32 Å². The maximum absolute atomic E-state index is 14.0. The number of hydrogen-bond acceptors (Lipinski definition) is 4. The van der Waals surface area contributed by atoms with Gasteiger partial charge in [0.25, 0.3) is 0 Å². The second kappa shape index (κ2) is 7.45. The molecule has 2 aromatic carbocycles. The third-order valence-electron chi connectivity index (χ3n) is 4.23. The third kappa shape index (κ3) is 3.74. The number of nitrogens with one attached hydrogen (secondary N) is 1. The fourth-order valence-electron chi connectivity index (χ4n) is 2.86. The van der Waals surface area contributed by atoms with Crippen LogP contribution in [0.5, 0.6) is 0 Å². The van der Waals surface area contributed by atoms with Crippen molar-refractivity contribution in [2.45, 2.75) is 6.42 Å². The number of benzene rings is 2. The van der Waals surface area contributed by atoms with Gasteiger partial charge in [0.15, 0.2) is 11.6 Å². The van der Waals surface area contributed by atoms with Gasteiger partial charge >= 0.3 is 0 Å². The summed E-state index contributed by atoms with van der Waals surface area (Å²) in [4.78, 5) is 13.0. The summed E-state index contributed by atoms with van der Waals surface area (Å²) in [6.07, 6.45) is 4.20. The van der Waals surface area contributed by atoms with Crippen LogP contribution in [0.2, 0.25) is 0 Å². The van der Waals surface area contributed by atoms with Crippen molar-refractivity contribution in [2.75, 3.05) is 11.9 Å². The average molecular weight is 362 g/mol. The zero-order valence-electron chi connectivity index (χ0n) is 14.4. The van der Waals surface area contributed by atoms with Crippen LogP contribution in [0, 0.1) is 11.6 Å². The van der Waals surface area contributed by atoms with Gasteiger partial charge in [0, 0.05) is 42.0 Å². The molecule has 134 valence electrons. The Morgan fingerprint density at radius 3 is 2.70 bits per heavy atom. The lowest BCUT2D eigenvalue weighted by Crippen LogP contribution is -2.08. The number of rotatable bonds is 5. The Balaban J connectivity index is 1.53. The van der Waals surface area contributed by atoms with E-state index in [0.29, 0.717) is 18.1 Å². The van der Waals surface area contributed by atoms with Gasteiger partial charge in [-0.25, -0.2) is 18.7 Å². The van der Waals surface area contributed by atoms with E-state index >= 15 is 0 Å². The summed E-state index contributed by atoms with van der Waals surface area (Å²) in [6, 6.07) is 15.2. The van der Waals surface area contributed by atoms with Gasteiger partial charge in [-0.05, 0) is 35.9 Å². The molecule has 0 saturated heterocycles. The fraction of sp³-hybridized carbons (Fsp3) is 0.0952. The summed E-state index contributed by atoms with van der Waals surface area (Å²) in [5.74, 6) is -1.20. The summed E-state index contributed by atoms with van der Waals surface area (Å²) in [7, 11) is 0. The minimum atomic E-state index is -0.865. The minimum absolute atomic E-state index is 0.217. The van der Waals surface area contributed by atoms with E-state index in [1.807, 2.05) is 18.2 Å². The Hall–Kier alpha value is -3.41. The average Bonchev–Trinajstić information content (AvgIpc) is 2.70. The molecular formula is C21H16F2N4. The Morgan fingerprint density at radius 2 is 1.85 bits per heavy atom. The van der Waals surface area contributed by atoms with Gasteiger partial charge in [-0.15, -0.1) is 0 Å². The molecule has 0 amide bonds. The van der Waals surface area contributed by atoms with Crippen LogP contribution in [0.1, 0.15) is 5.69 Å². The molecule has 0 aliphatic carbocycles. The van der Waals surface area contributed by atoms with Crippen LogP contribution in [0.25, 0.3) is 22.0 Å². The molecule has 0 aliphatic heterocycles. The van der Waals surface area contributed by atoms with Crippen LogP contribution in [0.4, 0.5) is 14.7 Å². The number of anilines is 1. The van der Waals surface area contributed by atoms with Crippen LogP contribution in [-0.2, 0) is 6.42 Å². The molecule has 4 nitrogen and oxygen atoms in total. The molecule has 0 bridgehead atoms. The molecule has 0 atom stereocenters. The number of pyridine rings is 1. The summed E-state index contributed by atoms with van der Waals surface area (Å²) < 4.78 is 27.5. The molecule has 6 heteroatoms. The zero-order chi connectivity index (χ0) is 18.6. The Morgan fingerprint density at radius 1 is 0.926 bits per heavy atom. The first kappa shape index (κ1) is 17.0. The highest BCUT2D eigenvalue weighted by Gasteiger charge is 2.10. The highest BCUT2D eigenvalue weighted by Crippen LogP contribution is 2.27. The molecular weight excluding hydrogens is 346 g/mol. The smallest absolute Gasteiger partial charge is 0.223 e. The number of halogens is 2. The molecule has 1 N–H and O–H groups in total. The van der Waals surface area contributed by atoms with Crippen molar-refractivity contribution in [1.82, 2.24) is 15.0 Å². The van der Waals surface area contributed by atoms with Crippen molar-refractivity contribution in [3.63, 3.8) is 0 Å². The molecule has 2 heterocycles. The molecule has 0 saturated carbocycles. The minimum Gasteiger partial charge on any atom is -0.354 e. The molecule has 0 spiro atoms. The Labute approximate surface area is 154 Å². The SMILES string of the molecule is Fc1cccc(-c2ccc3nc(NCCc4ccccn4)ncc3c2)c1F. The fourth-order valence-corrected chi connectivity index (χ4v) is 2.86. The molecule has 2 aromatic heterocycles. The van der Waals surface area contributed by atoms with E-state index in [4.69, 9.17) is 0 Å². The Kier molecular flexibility index (Phi) is 4.70. The van der Waals surface area contributed by atoms with Gasteiger partial charge < -0.3 is 5.32 Å². The van der Waals surface area contributed by atoms with Gasteiger partial charge in [-0.2, -0.15) is 0 Å². The van der Waals surface area contributed by atoms with Gasteiger partial charge in [-0.1, -0.05) is 24.3 Å². The Bertz CT molecular complexity index is 1080. The summed E-state index contributed by atoms with van der Waals surface area (Å²) in [6.45, 7) is 0.662. The van der Waals surface area contributed by atoms with Gasteiger partial charge in [0.2, 0.25) is 5.95 Å². The van der Waals surface area contributed by atoms with Crippen LogP contribution >= 0.6 is 0 Å². The monoisotopic (exact) mass is 362 g/mol. The number of hydrogen-bond donors (Lipinski definition) is 1. The standard InChI is InChI=1S/C21H16F2N4/c22-18-6-3-5-17(20(18)23)14-7-8-19-15(12-14)13-26-21(27-19)25-11-9-16-4-1-2-10-24-16/h1-8,10,12-13H,9,11H2,(H,25,26,27). The van der Waals surface area contributed by atoms with E-state index in [9.17, 15) is 8.78 Å². The van der Waals surface area contributed by atoms with Crippen molar-refractivity contribution < 1.29 is 8.78 Å². The third-order valence-corrected chi connectivity index (χ3v) is 4.23. The van der Waals surface area contributed by atoms with Crippen molar-refractivity contribution in [3.05, 3.63) is 84.3 Å². The maximum atomic E-state index is 14.0. The topological polar surface area (TPSA) is 50.7 Å². The summed E-state index contributed by atoms with van der Waals surface area (Å²) >= 11 is 0. The number of nitrogens with zero attached hydrogens (tertiary/aromatic N) is 3. The zero-order valence-corrected chi connectivity index (χ0v) is 14.4. The van der Waals surface area contributed by atoms with Gasteiger partial charge in [0.05, 0.1) is 5.52 Å². The first-order chi connectivity index (χ1) is 13.2. The van der Waals surface area contributed by atoms with Crippen LogP contribution in [0.15, 0.2) is 67.0 Å². The summed E-state index contributed by atoms with van der Waals surface area (Å²) in [5.41, 5.74) is 2.52. The van der Waals surface area contributed by atoms with E-state index in [2.05, 4.69) is 20.3 Å². The lowest BCUT2D eigenvalue weighted by molar-refractivity contribution is 0.511. The number of fused-ring (bicyclic) bond motifs is 1. The van der Waals surface area contributed by atoms with Crippen molar-refractivity contribution in [3.8, 4) is 11.1 Å². The van der Waals surface area contributed by atoms with Crippen molar-refractivity contribution in [2.24, 2.45) is 0 Å². The summed E-state index contributed by atoms with van der Waals surface area (Å²) in [5, 5.41) is 3.93. The highest BCUT2D eigenvalue weighted by atomic mass is 19.2. The lowest BCUT2D eigenvalue weighted by atomic mass is 10.0. The second-order valence-corrected chi connectivity index (χ2v) is 6.07. The second-order valence-electron chi connectivity index (χ2n) is 6.07. The highest BCUT2D eigenvalue weighted by molar-refractivity contribution is 5.84. The normalized spacial score (nSPS) is 10.9. The molecule has 0 aliphatic rings. The first-order valence-corrected chi connectivity index (χ1v) is 8.56. The molecule has 0 fully saturated rings. The van der Waals surface area contributed by atoms with E-state index in [0.717, 1.165) is 29.1 Å². The molecule has 0 unspecified atom stereocenters. The van der Waals surface area contributed by atoms with E-state index in [-0.39, 0.29) is 5.56 Å². The molecule has 4 rings (SSSR count). The molecule has 4 aromatic rings. The lowest BCUT2D eigenvalue weighted by Gasteiger charge is -2.08. The van der Waals surface area contributed by atoms with Crippen LogP contribution in [-0.4, -0.2) is 21.5 Å². The van der Waals surface area contributed by atoms with E-state index in [1.54, 1.807) is 36.7 Å². The predicted molar refractivity (Wildman–Crippen MR) is 101 cm³/mol. The van der Waals surface area contributed by atoms with Crippen molar-refractivity contribution in [1.29, 1.82) is 0 Å². The van der Waals surface area contributed by atoms with Gasteiger partial charge in [0.1, 0.15) is 0 Å². The van der Waals surface area contributed by atoms with E-state index < -0.39 is 11.6 Å². The van der Waals surface area contributed by atoms with Crippen molar-refractivity contribution >= 4 is 16.9 Å². The molecule has 27 heavy (non-hydrogen) atoms. The van der Waals surface area contributed by atoms with E-state index in [1.165, 1.54) is 6.07 Å². The van der Waals surface area contributed by atoms with Gasteiger partial charge in [-0.3, -0.25) is 4.98 Å². The predicted octanol–water partition coefficient (Wildman–Crippen LogP) is 4.62. The number of aromatic nitrogens is 3. The first-order valence-electron chi connectivity index (χ1n) is 8.56. The van der Waals surface area contributed by atoms with Crippen LogP contribution in [0.3, 0.4) is 0 Å². The quantitative estimate of drug-likeness (QED) is 0.563. The maximum Gasteiger partial charge on any atom is 0.223 e. The largest absolute Gasteiger partial charge is 0.354 e. The molecule has 0 radical (unpaired) electrons.